The minimum atomic E-state index is -4.54. The van der Waals surface area contributed by atoms with Gasteiger partial charge in [-0.2, -0.15) is 13.2 Å². The number of benzene rings is 2. The molecule has 1 aliphatic heterocycles. The summed E-state index contributed by atoms with van der Waals surface area (Å²) in [6.07, 6.45) is 0.185. The summed E-state index contributed by atoms with van der Waals surface area (Å²) in [5, 5.41) is 13.5. The zero-order valence-corrected chi connectivity index (χ0v) is 17.3. The molecule has 4 rings (SSSR count). The lowest BCUT2D eigenvalue weighted by atomic mass is 10.1. The third kappa shape index (κ3) is 5.04. The molecule has 1 fully saturated rings. The fourth-order valence-electron chi connectivity index (χ4n) is 3.98. The number of piperidine rings is 1. The van der Waals surface area contributed by atoms with Crippen molar-refractivity contribution in [2.75, 3.05) is 31.5 Å². The van der Waals surface area contributed by atoms with E-state index in [-0.39, 0.29) is 22.8 Å². The fourth-order valence-corrected chi connectivity index (χ4v) is 3.98. The summed E-state index contributed by atoms with van der Waals surface area (Å²) < 4.78 is 54.3. The van der Waals surface area contributed by atoms with E-state index in [4.69, 9.17) is 0 Å². The van der Waals surface area contributed by atoms with E-state index in [1.807, 2.05) is 0 Å². The zero-order valence-electron chi connectivity index (χ0n) is 17.3. The lowest BCUT2D eigenvalue weighted by Gasteiger charge is -2.26. The van der Waals surface area contributed by atoms with Crippen molar-refractivity contribution < 1.29 is 22.7 Å². The Hall–Kier alpha value is -3.07. The van der Waals surface area contributed by atoms with E-state index >= 15 is 0 Å². The monoisotopic (exact) mass is 448 g/mol. The Labute approximate surface area is 182 Å². The Balaban J connectivity index is 1.53. The van der Waals surface area contributed by atoms with Crippen molar-refractivity contribution in [3.05, 3.63) is 53.3 Å². The first-order valence-electron chi connectivity index (χ1n) is 10.5. The molecule has 5 nitrogen and oxygen atoms in total. The van der Waals surface area contributed by atoms with Gasteiger partial charge in [0.2, 0.25) is 0 Å². The first kappa shape index (κ1) is 22.1. The van der Waals surface area contributed by atoms with Crippen molar-refractivity contribution in [1.82, 2.24) is 9.88 Å². The highest BCUT2D eigenvalue weighted by Crippen LogP contribution is 2.37. The van der Waals surface area contributed by atoms with Crippen LogP contribution in [0.3, 0.4) is 0 Å². The number of aromatic amines is 1. The molecule has 3 aromatic rings. The SMILES string of the molecule is Oc1[nH]c2cc(F)ccc2c1C=Nc1ccc(NCCN2CCCCC2)c(C(F)(F)F)c1. The third-order valence-electron chi connectivity index (χ3n) is 5.62. The van der Waals surface area contributed by atoms with E-state index in [0.29, 0.717) is 24.0 Å². The van der Waals surface area contributed by atoms with Crippen LogP contribution in [0.15, 0.2) is 41.4 Å². The van der Waals surface area contributed by atoms with Gasteiger partial charge < -0.3 is 20.3 Å². The summed E-state index contributed by atoms with van der Waals surface area (Å²) in [6.45, 7) is 3.08. The Kier molecular flexibility index (Phi) is 6.36. The van der Waals surface area contributed by atoms with Gasteiger partial charge in [-0.05, 0) is 62.3 Å². The van der Waals surface area contributed by atoms with Crippen molar-refractivity contribution in [1.29, 1.82) is 0 Å². The summed E-state index contributed by atoms with van der Waals surface area (Å²) in [5.41, 5.74) is -0.0462. The van der Waals surface area contributed by atoms with Crippen LogP contribution >= 0.6 is 0 Å². The van der Waals surface area contributed by atoms with Crippen LogP contribution in [0.1, 0.15) is 30.4 Å². The second-order valence-corrected chi connectivity index (χ2v) is 7.89. The number of alkyl halides is 3. The zero-order chi connectivity index (χ0) is 22.7. The Morgan fingerprint density at radius 3 is 2.62 bits per heavy atom. The summed E-state index contributed by atoms with van der Waals surface area (Å²) in [5.74, 6) is -0.707. The number of H-pyrrole nitrogens is 1. The third-order valence-corrected chi connectivity index (χ3v) is 5.62. The average molecular weight is 448 g/mol. The number of rotatable bonds is 6. The number of hydrogen-bond donors (Lipinski definition) is 3. The van der Waals surface area contributed by atoms with E-state index < -0.39 is 17.6 Å². The van der Waals surface area contributed by atoms with Gasteiger partial charge in [-0.15, -0.1) is 0 Å². The van der Waals surface area contributed by atoms with Gasteiger partial charge in [0.15, 0.2) is 5.88 Å². The van der Waals surface area contributed by atoms with Gasteiger partial charge in [-0.25, -0.2) is 4.39 Å². The summed E-state index contributed by atoms with van der Waals surface area (Å²) >= 11 is 0. The van der Waals surface area contributed by atoms with Crippen LogP contribution < -0.4 is 5.32 Å². The highest BCUT2D eigenvalue weighted by molar-refractivity contribution is 6.02. The number of anilines is 1. The molecule has 2 heterocycles. The van der Waals surface area contributed by atoms with Crippen LogP contribution in [-0.2, 0) is 6.18 Å². The molecular weight excluding hydrogens is 424 g/mol. The smallest absolute Gasteiger partial charge is 0.418 e. The van der Waals surface area contributed by atoms with Gasteiger partial charge in [-0.1, -0.05) is 6.42 Å². The number of hydrogen-bond acceptors (Lipinski definition) is 4. The number of halogens is 4. The molecule has 0 radical (unpaired) electrons. The second kappa shape index (κ2) is 9.20. The normalized spacial score (nSPS) is 15.6. The molecular formula is C23H24F4N4O. The van der Waals surface area contributed by atoms with E-state index in [0.717, 1.165) is 32.0 Å². The first-order chi connectivity index (χ1) is 15.3. The van der Waals surface area contributed by atoms with Crippen LogP contribution in [0.5, 0.6) is 5.88 Å². The highest BCUT2D eigenvalue weighted by Gasteiger charge is 2.33. The minimum Gasteiger partial charge on any atom is -0.494 e. The van der Waals surface area contributed by atoms with Crippen molar-refractivity contribution in [2.24, 2.45) is 4.99 Å². The molecule has 3 N–H and O–H groups in total. The number of aromatic hydroxyl groups is 1. The standard InChI is InChI=1S/C23H24F4N4O/c24-15-4-6-17-18(22(32)30-21(17)12-15)14-29-16-5-7-20(19(13-16)23(25,26)27)28-8-11-31-9-2-1-3-10-31/h4-7,12-14,28,30,32H,1-3,8-11H2. The molecule has 1 aliphatic rings. The fraction of sp³-hybridized carbons (Fsp3) is 0.348. The number of aliphatic imine (C=N–C) groups is 1. The predicted molar refractivity (Wildman–Crippen MR) is 117 cm³/mol. The van der Waals surface area contributed by atoms with Crippen LogP contribution in [0.4, 0.5) is 28.9 Å². The molecule has 0 aliphatic carbocycles. The van der Waals surface area contributed by atoms with Gasteiger partial charge in [0.05, 0.1) is 22.3 Å². The summed E-state index contributed by atoms with van der Waals surface area (Å²) in [6, 6.07) is 7.76. The molecule has 0 amide bonds. The van der Waals surface area contributed by atoms with Gasteiger partial charge in [0.1, 0.15) is 5.82 Å². The van der Waals surface area contributed by atoms with Crippen molar-refractivity contribution in [3.63, 3.8) is 0 Å². The number of nitrogens with zero attached hydrogens (tertiary/aromatic N) is 2. The molecule has 32 heavy (non-hydrogen) atoms. The van der Waals surface area contributed by atoms with E-state index in [2.05, 4.69) is 20.2 Å². The summed E-state index contributed by atoms with van der Waals surface area (Å²) in [7, 11) is 0. The van der Waals surface area contributed by atoms with Crippen molar-refractivity contribution >= 4 is 28.5 Å². The number of nitrogens with one attached hydrogen (secondary N) is 2. The maximum atomic E-state index is 13.7. The highest BCUT2D eigenvalue weighted by atomic mass is 19.4. The van der Waals surface area contributed by atoms with E-state index in [1.165, 1.54) is 43.0 Å². The number of fused-ring (bicyclic) bond motifs is 1. The van der Waals surface area contributed by atoms with Gasteiger partial charge in [0.25, 0.3) is 0 Å². The predicted octanol–water partition coefficient (Wildman–Crippen LogP) is 5.68. The van der Waals surface area contributed by atoms with Crippen molar-refractivity contribution in [2.45, 2.75) is 25.4 Å². The molecule has 0 bridgehead atoms. The molecule has 1 saturated heterocycles. The maximum absolute atomic E-state index is 13.7. The Bertz CT molecular complexity index is 1120. The topological polar surface area (TPSA) is 63.6 Å². The molecule has 2 aromatic carbocycles. The van der Waals surface area contributed by atoms with Crippen LogP contribution in [0.25, 0.3) is 10.9 Å². The molecule has 1 aromatic heterocycles. The van der Waals surface area contributed by atoms with Gasteiger partial charge in [0, 0.05) is 30.4 Å². The van der Waals surface area contributed by atoms with Crippen LogP contribution in [0.2, 0.25) is 0 Å². The molecule has 0 spiro atoms. The molecule has 170 valence electrons. The molecule has 9 heteroatoms. The van der Waals surface area contributed by atoms with Gasteiger partial charge >= 0.3 is 6.18 Å². The Morgan fingerprint density at radius 2 is 1.88 bits per heavy atom. The number of likely N-dealkylation sites (tertiary alicyclic amines) is 1. The van der Waals surface area contributed by atoms with Crippen LogP contribution in [0, 0.1) is 5.82 Å². The number of aromatic nitrogens is 1. The van der Waals surface area contributed by atoms with Gasteiger partial charge in [-0.3, -0.25) is 4.99 Å². The molecule has 0 atom stereocenters. The lowest BCUT2D eigenvalue weighted by Crippen LogP contribution is -2.33. The van der Waals surface area contributed by atoms with E-state index in [1.54, 1.807) is 0 Å². The molecule has 0 unspecified atom stereocenters. The minimum absolute atomic E-state index is 0.0128. The first-order valence-corrected chi connectivity index (χ1v) is 10.5. The quantitative estimate of drug-likeness (QED) is 0.336. The van der Waals surface area contributed by atoms with Crippen LogP contribution in [-0.4, -0.2) is 47.4 Å². The lowest BCUT2D eigenvalue weighted by molar-refractivity contribution is -0.136. The largest absolute Gasteiger partial charge is 0.494 e. The average Bonchev–Trinajstić information content (AvgIpc) is 3.06. The van der Waals surface area contributed by atoms with E-state index in [9.17, 15) is 22.7 Å². The van der Waals surface area contributed by atoms with Crippen molar-refractivity contribution in [3.8, 4) is 5.88 Å². The second-order valence-electron chi connectivity index (χ2n) is 7.89. The Morgan fingerprint density at radius 1 is 1.09 bits per heavy atom. The molecule has 0 saturated carbocycles. The maximum Gasteiger partial charge on any atom is 0.418 e. The summed E-state index contributed by atoms with van der Waals surface area (Å²) in [4.78, 5) is 9.00.